The van der Waals surface area contributed by atoms with Gasteiger partial charge in [-0.25, -0.2) is 9.97 Å². The molecule has 0 bridgehead atoms. The van der Waals surface area contributed by atoms with Gasteiger partial charge in [0.1, 0.15) is 0 Å². The van der Waals surface area contributed by atoms with Crippen LogP contribution in [0.5, 0.6) is 0 Å². The molecular weight excluding hydrogens is 228 g/mol. The van der Waals surface area contributed by atoms with E-state index in [-0.39, 0.29) is 0 Å². The molecule has 0 fully saturated rings. The monoisotopic (exact) mass is 240 g/mol. The molecule has 0 saturated carbocycles. The Balaban J connectivity index is 2.22. The first-order valence-corrected chi connectivity index (χ1v) is 5.59. The fourth-order valence-corrected chi connectivity index (χ4v) is 1.99. The Bertz CT molecular complexity index is 568. The van der Waals surface area contributed by atoms with Crippen LogP contribution in [0, 0.1) is 0 Å². The molecule has 3 rings (SSSR count). The number of benzene rings is 1. The lowest BCUT2D eigenvalue weighted by atomic mass is 9.92. The number of aromatic amines is 2. The van der Waals surface area contributed by atoms with Gasteiger partial charge in [0.05, 0.1) is 0 Å². The lowest BCUT2D eigenvalue weighted by Crippen LogP contribution is -2.31. The van der Waals surface area contributed by atoms with Crippen molar-refractivity contribution >= 4 is 0 Å². The summed E-state index contributed by atoms with van der Waals surface area (Å²) >= 11 is 0. The topological polar surface area (TPSA) is 77.6 Å². The van der Waals surface area contributed by atoms with Crippen LogP contribution in [0.4, 0.5) is 0 Å². The lowest BCUT2D eigenvalue weighted by molar-refractivity contribution is 0.107. The molecule has 0 radical (unpaired) electrons. The van der Waals surface area contributed by atoms with Crippen molar-refractivity contribution in [1.82, 2.24) is 19.9 Å². The van der Waals surface area contributed by atoms with Crippen LogP contribution in [0.1, 0.15) is 17.2 Å². The number of imidazole rings is 2. The van der Waals surface area contributed by atoms with Crippen molar-refractivity contribution in [2.24, 2.45) is 0 Å². The normalized spacial score (nSPS) is 11.6. The zero-order valence-corrected chi connectivity index (χ0v) is 9.54. The van der Waals surface area contributed by atoms with Crippen LogP contribution in [0.25, 0.3) is 0 Å². The maximum Gasteiger partial charge on any atom is 0.205 e. The zero-order chi connectivity index (χ0) is 12.4. The summed E-state index contributed by atoms with van der Waals surface area (Å²) in [5.74, 6) is 0.868. The van der Waals surface area contributed by atoms with Gasteiger partial charge < -0.3 is 15.1 Å². The van der Waals surface area contributed by atoms with E-state index in [9.17, 15) is 5.11 Å². The Kier molecular flexibility index (Phi) is 2.46. The van der Waals surface area contributed by atoms with Crippen LogP contribution in [0.3, 0.4) is 0 Å². The Morgan fingerprint density at radius 2 is 1.44 bits per heavy atom. The van der Waals surface area contributed by atoms with Gasteiger partial charge in [-0.15, -0.1) is 0 Å². The number of hydrogen-bond donors (Lipinski definition) is 3. The SMILES string of the molecule is OC(c1ccccc1)(c1ncc[nH]1)c1ncc[nH]1. The Morgan fingerprint density at radius 3 is 1.89 bits per heavy atom. The minimum absolute atomic E-state index is 0.434. The summed E-state index contributed by atoms with van der Waals surface area (Å²) in [7, 11) is 0. The minimum atomic E-state index is -1.39. The number of hydrogen-bond acceptors (Lipinski definition) is 3. The molecule has 3 N–H and O–H groups in total. The molecule has 0 aliphatic carbocycles. The molecule has 0 atom stereocenters. The molecule has 0 unspecified atom stereocenters. The van der Waals surface area contributed by atoms with Crippen LogP contribution in [-0.2, 0) is 5.60 Å². The van der Waals surface area contributed by atoms with Gasteiger partial charge in [-0.1, -0.05) is 30.3 Å². The van der Waals surface area contributed by atoms with E-state index in [0.717, 1.165) is 0 Å². The number of H-pyrrole nitrogens is 2. The smallest absolute Gasteiger partial charge is 0.205 e. The average Bonchev–Trinajstić information content (AvgIpc) is 3.12. The van der Waals surface area contributed by atoms with Crippen molar-refractivity contribution in [2.75, 3.05) is 0 Å². The fraction of sp³-hybridized carbons (Fsp3) is 0.0769. The van der Waals surface area contributed by atoms with Gasteiger partial charge in [0.2, 0.25) is 5.60 Å². The molecule has 2 heterocycles. The summed E-state index contributed by atoms with van der Waals surface area (Å²) in [6, 6.07) is 9.31. The first-order chi connectivity index (χ1) is 8.82. The van der Waals surface area contributed by atoms with Crippen molar-refractivity contribution < 1.29 is 5.11 Å². The summed E-state index contributed by atoms with van der Waals surface area (Å²) in [6.45, 7) is 0. The first kappa shape index (κ1) is 10.7. The Morgan fingerprint density at radius 1 is 0.889 bits per heavy atom. The van der Waals surface area contributed by atoms with Crippen LogP contribution < -0.4 is 0 Å². The maximum absolute atomic E-state index is 11.0. The second-order valence-electron chi connectivity index (χ2n) is 3.95. The second-order valence-corrected chi connectivity index (χ2v) is 3.95. The summed E-state index contributed by atoms with van der Waals surface area (Å²) < 4.78 is 0. The minimum Gasteiger partial charge on any atom is -0.371 e. The average molecular weight is 240 g/mol. The lowest BCUT2D eigenvalue weighted by Gasteiger charge is -2.24. The molecule has 0 aliphatic rings. The van der Waals surface area contributed by atoms with E-state index >= 15 is 0 Å². The Labute approximate surface area is 104 Å². The standard InChI is InChI=1S/C13H12N4O/c18-13(11-14-6-7-15-11,12-16-8-9-17-12)10-4-2-1-3-5-10/h1-9,18H,(H,14,15)(H,16,17). The third-order valence-corrected chi connectivity index (χ3v) is 2.87. The second kappa shape index (κ2) is 4.12. The van der Waals surface area contributed by atoms with E-state index < -0.39 is 5.60 Å². The van der Waals surface area contributed by atoms with E-state index in [2.05, 4.69) is 19.9 Å². The predicted octanol–water partition coefficient (Wildman–Crippen LogP) is 1.42. The first-order valence-electron chi connectivity index (χ1n) is 5.59. The summed E-state index contributed by atoms with van der Waals surface area (Å²) in [5.41, 5.74) is -0.691. The van der Waals surface area contributed by atoms with E-state index in [1.165, 1.54) is 0 Å². The molecule has 3 aromatic rings. The van der Waals surface area contributed by atoms with Gasteiger partial charge in [0, 0.05) is 24.8 Å². The highest BCUT2D eigenvalue weighted by Crippen LogP contribution is 2.31. The zero-order valence-electron chi connectivity index (χ0n) is 9.54. The molecule has 1 aromatic carbocycles. The molecule has 90 valence electrons. The summed E-state index contributed by atoms with van der Waals surface area (Å²) in [5, 5.41) is 11.0. The maximum atomic E-state index is 11.0. The van der Waals surface area contributed by atoms with Crippen LogP contribution in [-0.4, -0.2) is 25.0 Å². The largest absolute Gasteiger partial charge is 0.371 e. The van der Waals surface area contributed by atoms with Crippen LogP contribution in [0.15, 0.2) is 55.1 Å². The number of aliphatic hydroxyl groups is 1. The summed E-state index contributed by atoms with van der Waals surface area (Å²) in [6.07, 6.45) is 6.55. The van der Waals surface area contributed by atoms with E-state index in [0.29, 0.717) is 17.2 Å². The fourth-order valence-electron chi connectivity index (χ4n) is 1.99. The highest BCUT2D eigenvalue weighted by molar-refractivity contribution is 5.36. The molecule has 0 spiro atoms. The quantitative estimate of drug-likeness (QED) is 0.648. The summed E-state index contributed by atoms with van der Waals surface area (Å²) in [4.78, 5) is 14.2. The molecule has 18 heavy (non-hydrogen) atoms. The Hall–Kier alpha value is -2.40. The van der Waals surface area contributed by atoms with Crippen LogP contribution in [0.2, 0.25) is 0 Å². The van der Waals surface area contributed by atoms with Gasteiger partial charge in [-0.05, 0) is 5.56 Å². The molecule has 5 nitrogen and oxygen atoms in total. The van der Waals surface area contributed by atoms with Gasteiger partial charge in [0.15, 0.2) is 11.6 Å². The van der Waals surface area contributed by atoms with Crippen molar-refractivity contribution in [3.8, 4) is 0 Å². The van der Waals surface area contributed by atoms with Crippen molar-refractivity contribution in [3.63, 3.8) is 0 Å². The van der Waals surface area contributed by atoms with E-state index in [4.69, 9.17) is 0 Å². The van der Waals surface area contributed by atoms with Crippen molar-refractivity contribution in [2.45, 2.75) is 5.60 Å². The third kappa shape index (κ3) is 1.53. The van der Waals surface area contributed by atoms with Gasteiger partial charge in [-0.3, -0.25) is 0 Å². The highest BCUT2D eigenvalue weighted by atomic mass is 16.3. The number of rotatable bonds is 3. The molecule has 0 aliphatic heterocycles. The van der Waals surface area contributed by atoms with Crippen molar-refractivity contribution in [3.05, 3.63) is 72.3 Å². The molecule has 0 amide bonds. The van der Waals surface area contributed by atoms with Crippen molar-refractivity contribution in [1.29, 1.82) is 0 Å². The van der Waals surface area contributed by atoms with Gasteiger partial charge in [-0.2, -0.15) is 0 Å². The number of nitrogens with one attached hydrogen (secondary N) is 2. The molecule has 2 aromatic heterocycles. The molecule has 5 heteroatoms. The molecule has 0 saturated heterocycles. The van der Waals surface area contributed by atoms with E-state index in [1.54, 1.807) is 24.8 Å². The van der Waals surface area contributed by atoms with Gasteiger partial charge in [0.25, 0.3) is 0 Å². The molecular formula is C13H12N4O. The predicted molar refractivity (Wildman–Crippen MR) is 65.7 cm³/mol. The number of nitrogens with zero attached hydrogens (tertiary/aromatic N) is 2. The highest BCUT2D eigenvalue weighted by Gasteiger charge is 2.38. The van der Waals surface area contributed by atoms with Crippen LogP contribution >= 0.6 is 0 Å². The van der Waals surface area contributed by atoms with Gasteiger partial charge >= 0.3 is 0 Å². The van der Waals surface area contributed by atoms with E-state index in [1.807, 2.05) is 30.3 Å². The third-order valence-electron chi connectivity index (χ3n) is 2.87. The number of aromatic nitrogens is 4.